The smallest absolute Gasteiger partial charge is 0.156 e. The second kappa shape index (κ2) is 4.35. The Morgan fingerprint density at radius 3 is 2.90 bits per heavy atom. The average Bonchev–Trinajstić information content (AvgIpc) is 2.95. The van der Waals surface area contributed by atoms with Crippen molar-refractivity contribution in [2.45, 2.75) is 0 Å². The van der Waals surface area contributed by atoms with E-state index in [0.717, 1.165) is 27.9 Å². The van der Waals surface area contributed by atoms with Crippen LogP contribution in [-0.2, 0) is 0 Å². The van der Waals surface area contributed by atoms with Crippen LogP contribution in [-0.4, -0.2) is 15.0 Å². The van der Waals surface area contributed by atoms with Gasteiger partial charge >= 0.3 is 0 Å². The monoisotopic (exact) mass is 260 g/mol. The number of nitrogens with zero attached hydrogens (tertiary/aromatic N) is 2. The van der Waals surface area contributed by atoms with Crippen LogP contribution in [0, 0.1) is 0 Å². The van der Waals surface area contributed by atoms with Gasteiger partial charge in [0.15, 0.2) is 5.82 Å². The molecule has 0 unspecified atom stereocenters. The molecular weight excluding hydrogens is 248 g/mol. The molecule has 4 aromatic rings. The average molecular weight is 260 g/mol. The molecule has 0 bridgehead atoms. The first-order chi connectivity index (χ1) is 9.90. The van der Waals surface area contributed by atoms with E-state index in [1.807, 2.05) is 30.5 Å². The first-order valence-corrected chi connectivity index (χ1v) is 6.44. The maximum absolute atomic E-state index is 4.40. The summed E-state index contributed by atoms with van der Waals surface area (Å²) in [6.07, 6.45) is 5.51. The number of pyridine rings is 2. The quantitative estimate of drug-likeness (QED) is 0.575. The van der Waals surface area contributed by atoms with Gasteiger partial charge in [-0.05, 0) is 35.7 Å². The lowest BCUT2D eigenvalue weighted by Gasteiger charge is -2.08. The summed E-state index contributed by atoms with van der Waals surface area (Å²) in [5.41, 5.74) is 2.97. The highest BCUT2D eigenvalue weighted by Gasteiger charge is 2.04. The number of anilines is 2. The minimum absolute atomic E-state index is 0.772. The number of aromatic amines is 1. The standard InChI is InChI=1S/C16H12N4/c1-2-12-6-9-19-16(15(12)18-7-1)20-13-4-3-11-5-8-17-14(11)10-13/h1-10,17H,(H,19,20). The van der Waals surface area contributed by atoms with Crippen LogP contribution in [0.1, 0.15) is 0 Å². The van der Waals surface area contributed by atoms with Gasteiger partial charge in [0.25, 0.3) is 0 Å². The van der Waals surface area contributed by atoms with Gasteiger partial charge in [0.2, 0.25) is 0 Å². The molecule has 96 valence electrons. The first kappa shape index (κ1) is 11.0. The first-order valence-electron chi connectivity index (χ1n) is 6.44. The summed E-state index contributed by atoms with van der Waals surface area (Å²) in [4.78, 5) is 12.0. The number of benzene rings is 1. The summed E-state index contributed by atoms with van der Waals surface area (Å²) in [6.45, 7) is 0. The van der Waals surface area contributed by atoms with E-state index in [4.69, 9.17) is 0 Å². The van der Waals surface area contributed by atoms with Gasteiger partial charge in [-0.1, -0.05) is 12.1 Å². The lowest BCUT2D eigenvalue weighted by molar-refractivity contribution is 1.30. The van der Waals surface area contributed by atoms with Gasteiger partial charge in [0.05, 0.1) is 0 Å². The van der Waals surface area contributed by atoms with Crippen molar-refractivity contribution in [3.8, 4) is 0 Å². The highest BCUT2D eigenvalue weighted by atomic mass is 15.0. The van der Waals surface area contributed by atoms with Crippen molar-refractivity contribution in [3.63, 3.8) is 0 Å². The van der Waals surface area contributed by atoms with Gasteiger partial charge in [-0.25, -0.2) is 4.98 Å². The molecule has 4 heteroatoms. The fourth-order valence-corrected chi connectivity index (χ4v) is 2.36. The van der Waals surface area contributed by atoms with E-state index in [2.05, 4.69) is 38.5 Å². The maximum atomic E-state index is 4.40. The molecule has 0 spiro atoms. The van der Waals surface area contributed by atoms with E-state index in [-0.39, 0.29) is 0 Å². The molecule has 0 fully saturated rings. The van der Waals surface area contributed by atoms with E-state index >= 15 is 0 Å². The molecule has 0 aliphatic carbocycles. The van der Waals surface area contributed by atoms with Gasteiger partial charge < -0.3 is 10.3 Å². The number of fused-ring (bicyclic) bond motifs is 2. The minimum atomic E-state index is 0.772. The molecule has 1 aromatic carbocycles. The van der Waals surface area contributed by atoms with Crippen molar-refractivity contribution < 1.29 is 0 Å². The fourth-order valence-electron chi connectivity index (χ4n) is 2.36. The summed E-state index contributed by atoms with van der Waals surface area (Å²) >= 11 is 0. The van der Waals surface area contributed by atoms with Crippen LogP contribution in [0.3, 0.4) is 0 Å². The summed E-state index contributed by atoms with van der Waals surface area (Å²) in [7, 11) is 0. The second-order valence-corrected chi connectivity index (χ2v) is 4.64. The summed E-state index contributed by atoms with van der Waals surface area (Å²) in [5.74, 6) is 0.772. The van der Waals surface area contributed by atoms with Crippen LogP contribution >= 0.6 is 0 Å². The molecule has 0 saturated carbocycles. The summed E-state index contributed by atoms with van der Waals surface area (Å²) in [6, 6.07) is 14.2. The Morgan fingerprint density at radius 1 is 0.900 bits per heavy atom. The van der Waals surface area contributed by atoms with Crippen LogP contribution < -0.4 is 5.32 Å². The Hall–Kier alpha value is -2.88. The van der Waals surface area contributed by atoms with Crippen molar-refractivity contribution in [1.29, 1.82) is 0 Å². The molecule has 0 saturated heterocycles. The van der Waals surface area contributed by atoms with Crippen LogP contribution in [0.2, 0.25) is 0 Å². The summed E-state index contributed by atoms with van der Waals surface area (Å²) in [5, 5.41) is 5.60. The predicted octanol–water partition coefficient (Wildman–Crippen LogP) is 3.85. The van der Waals surface area contributed by atoms with Crippen LogP contribution in [0.4, 0.5) is 11.5 Å². The highest BCUT2D eigenvalue weighted by Crippen LogP contribution is 2.24. The molecule has 0 atom stereocenters. The van der Waals surface area contributed by atoms with E-state index in [1.54, 1.807) is 12.4 Å². The van der Waals surface area contributed by atoms with Crippen LogP contribution in [0.25, 0.3) is 21.8 Å². The zero-order chi connectivity index (χ0) is 13.4. The molecule has 0 aliphatic rings. The zero-order valence-corrected chi connectivity index (χ0v) is 10.7. The molecular formula is C16H12N4. The molecule has 0 radical (unpaired) electrons. The predicted molar refractivity (Wildman–Crippen MR) is 81.1 cm³/mol. The largest absolute Gasteiger partial charge is 0.361 e. The van der Waals surface area contributed by atoms with Crippen molar-refractivity contribution in [2.24, 2.45) is 0 Å². The molecule has 0 amide bonds. The van der Waals surface area contributed by atoms with Crippen LogP contribution in [0.5, 0.6) is 0 Å². The third kappa shape index (κ3) is 1.78. The van der Waals surface area contributed by atoms with Crippen molar-refractivity contribution in [3.05, 3.63) is 61.1 Å². The Bertz CT molecular complexity index is 890. The van der Waals surface area contributed by atoms with Gasteiger partial charge in [-0.15, -0.1) is 0 Å². The third-order valence-electron chi connectivity index (χ3n) is 3.34. The van der Waals surface area contributed by atoms with Gasteiger partial charge in [-0.2, -0.15) is 0 Å². The fraction of sp³-hybridized carbons (Fsp3) is 0. The van der Waals surface area contributed by atoms with E-state index in [9.17, 15) is 0 Å². The van der Waals surface area contributed by atoms with E-state index in [1.165, 1.54) is 5.39 Å². The minimum Gasteiger partial charge on any atom is -0.361 e. The zero-order valence-electron chi connectivity index (χ0n) is 10.7. The Labute approximate surface area is 115 Å². The lowest BCUT2D eigenvalue weighted by atomic mass is 10.2. The third-order valence-corrected chi connectivity index (χ3v) is 3.34. The molecule has 4 nitrogen and oxygen atoms in total. The Kier molecular flexibility index (Phi) is 2.39. The Morgan fingerprint density at radius 2 is 1.90 bits per heavy atom. The number of rotatable bonds is 2. The molecule has 4 rings (SSSR count). The number of nitrogens with one attached hydrogen (secondary N) is 2. The normalized spacial score (nSPS) is 11.0. The number of aromatic nitrogens is 3. The molecule has 0 aliphatic heterocycles. The molecule has 2 N–H and O–H groups in total. The van der Waals surface area contributed by atoms with Crippen molar-refractivity contribution in [2.75, 3.05) is 5.32 Å². The number of H-pyrrole nitrogens is 1. The van der Waals surface area contributed by atoms with Crippen LogP contribution in [0.15, 0.2) is 61.1 Å². The number of hydrogen-bond acceptors (Lipinski definition) is 3. The highest BCUT2D eigenvalue weighted by molar-refractivity contribution is 5.91. The topological polar surface area (TPSA) is 53.6 Å². The van der Waals surface area contributed by atoms with E-state index in [0.29, 0.717) is 0 Å². The maximum Gasteiger partial charge on any atom is 0.156 e. The SMILES string of the molecule is c1cnc2c(Nc3ccc4cc[nH]c4c3)nccc2c1. The van der Waals surface area contributed by atoms with Crippen molar-refractivity contribution >= 4 is 33.3 Å². The Balaban J connectivity index is 1.80. The molecule has 3 aromatic heterocycles. The van der Waals surface area contributed by atoms with Gasteiger partial charge in [0, 0.05) is 35.2 Å². The molecule has 20 heavy (non-hydrogen) atoms. The van der Waals surface area contributed by atoms with Crippen molar-refractivity contribution in [1.82, 2.24) is 15.0 Å². The summed E-state index contributed by atoms with van der Waals surface area (Å²) < 4.78 is 0. The molecule has 3 heterocycles. The lowest BCUT2D eigenvalue weighted by Crippen LogP contribution is -1.95. The van der Waals surface area contributed by atoms with E-state index < -0.39 is 0 Å². The van der Waals surface area contributed by atoms with Gasteiger partial charge in [-0.3, -0.25) is 4.98 Å². The van der Waals surface area contributed by atoms with Gasteiger partial charge in [0.1, 0.15) is 5.52 Å². The second-order valence-electron chi connectivity index (χ2n) is 4.64. The number of hydrogen-bond donors (Lipinski definition) is 2.